The monoisotopic (exact) mass is 374 g/mol. The van der Waals surface area contributed by atoms with Crippen molar-refractivity contribution in [2.75, 3.05) is 18.5 Å². The average molecular weight is 374 g/mol. The molecular weight excluding hydrogens is 355 g/mol. The maximum absolute atomic E-state index is 13.5. The van der Waals surface area contributed by atoms with E-state index in [-0.39, 0.29) is 17.5 Å². The molecule has 1 aliphatic carbocycles. The molecule has 142 valence electrons. The molecule has 1 fully saturated rings. The molecule has 8 heteroatoms. The Morgan fingerprint density at radius 2 is 1.81 bits per heavy atom. The number of nitrogens with one attached hydrogen (secondary N) is 1. The predicted molar refractivity (Wildman–Crippen MR) is 92.8 cm³/mol. The molecule has 1 aromatic rings. The van der Waals surface area contributed by atoms with Gasteiger partial charge in [-0.1, -0.05) is 18.2 Å². The summed E-state index contributed by atoms with van der Waals surface area (Å²) in [6, 6.07) is 4.19. The minimum Gasteiger partial charge on any atom is -0.454 e. The van der Waals surface area contributed by atoms with Crippen LogP contribution in [-0.4, -0.2) is 41.7 Å². The molecule has 7 nitrogen and oxygen atoms in total. The van der Waals surface area contributed by atoms with Crippen molar-refractivity contribution >= 4 is 29.4 Å². The van der Waals surface area contributed by atoms with Crippen LogP contribution in [0.4, 0.5) is 10.1 Å². The molecule has 2 atom stereocenters. The van der Waals surface area contributed by atoms with Crippen molar-refractivity contribution in [1.82, 2.24) is 4.90 Å². The molecule has 3 rings (SSSR count). The first-order chi connectivity index (χ1) is 12.9. The number of imide groups is 1. The van der Waals surface area contributed by atoms with Gasteiger partial charge in [0, 0.05) is 5.69 Å². The highest BCUT2D eigenvalue weighted by molar-refractivity contribution is 6.07. The summed E-state index contributed by atoms with van der Waals surface area (Å²) in [5.41, 5.74) is 0.677. The second kappa shape index (κ2) is 7.69. The van der Waals surface area contributed by atoms with Crippen molar-refractivity contribution < 1.29 is 28.3 Å². The standard InChI is InChI=1S/C19H19FN2O5/c1-11-6-7-12(8-15(11)20)21-16(23)10-27-17(24)9-22-18(25)13-4-2-3-5-14(13)19(22)26/h2-3,6-8,13-14H,4-5,9-10H2,1H3,(H,21,23)/t13-,14+. The largest absolute Gasteiger partial charge is 0.454 e. The van der Waals surface area contributed by atoms with Crippen molar-refractivity contribution in [3.63, 3.8) is 0 Å². The van der Waals surface area contributed by atoms with E-state index in [1.54, 1.807) is 6.92 Å². The highest BCUT2D eigenvalue weighted by atomic mass is 19.1. The first-order valence-electron chi connectivity index (χ1n) is 8.58. The van der Waals surface area contributed by atoms with Gasteiger partial charge < -0.3 is 10.1 Å². The van der Waals surface area contributed by atoms with Gasteiger partial charge in [0.1, 0.15) is 12.4 Å². The van der Waals surface area contributed by atoms with Crippen LogP contribution in [0.1, 0.15) is 18.4 Å². The third-order valence-electron chi connectivity index (χ3n) is 4.71. The Bertz CT molecular complexity index is 809. The number of hydrogen-bond donors (Lipinski definition) is 1. The fourth-order valence-corrected chi connectivity index (χ4v) is 3.21. The van der Waals surface area contributed by atoms with Gasteiger partial charge in [-0.3, -0.25) is 24.1 Å². The number of ether oxygens (including phenoxy) is 1. The molecule has 2 aliphatic rings. The normalized spacial score (nSPS) is 21.2. The van der Waals surface area contributed by atoms with E-state index >= 15 is 0 Å². The molecule has 1 heterocycles. The number of benzene rings is 1. The van der Waals surface area contributed by atoms with E-state index < -0.39 is 42.7 Å². The van der Waals surface area contributed by atoms with Crippen LogP contribution >= 0.6 is 0 Å². The molecule has 1 aliphatic heterocycles. The predicted octanol–water partition coefficient (Wildman–Crippen LogP) is 1.57. The number of carbonyl (C=O) groups is 4. The van der Waals surface area contributed by atoms with Crippen molar-refractivity contribution in [2.45, 2.75) is 19.8 Å². The SMILES string of the molecule is Cc1ccc(NC(=O)COC(=O)CN2C(=O)[C@H]3CC=CC[C@H]3C2=O)cc1F. The zero-order chi connectivity index (χ0) is 19.6. The van der Waals surface area contributed by atoms with Crippen LogP contribution in [0.2, 0.25) is 0 Å². The van der Waals surface area contributed by atoms with Gasteiger partial charge in [-0.15, -0.1) is 0 Å². The smallest absolute Gasteiger partial charge is 0.326 e. The van der Waals surface area contributed by atoms with E-state index in [2.05, 4.69) is 5.32 Å². The van der Waals surface area contributed by atoms with E-state index in [1.807, 2.05) is 12.2 Å². The number of halogens is 1. The Kier molecular flexibility index (Phi) is 5.34. The number of aryl methyl sites for hydroxylation is 1. The highest BCUT2D eigenvalue weighted by Crippen LogP contribution is 2.34. The van der Waals surface area contributed by atoms with Crippen LogP contribution in [0.5, 0.6) is 0 Å². The first kappa shape index (κ1) is 18.8. The molecule has 1 N–H and O–H groups in total. The Morgan fingerprint density at radius 3 is 2.41 bits per heavy atom. The Labute approximate surface area is 155 Å². The van der Waals surface area contributed by atoms with E-state index in [0.29, 0.717) is 18.4 Å². The van der Waals surface area contributed by atoms with Gasteiger partial charge in [-0.2, -0.15) is 0 Å². The number of allylic oxidation sites excluding steroid dienone is 2. The summed E-state index contributed by atoms with van der Waals surface area (Å²) in [6.07, 6.45) is 4.67. The topological polar surface area (TPSA) is 92.8 Å². The summed E-state index contributed by atoms with van der Waals surface area (Å²) in [5.74, 6) is -3.58. The van der Waals surface area contributed by atoms with Gasteiger partial charge in [0.05, 0.1) is 11.8 Å². The van der Waals surface area contributed by atoms with Gasteiger partial charge in [0.15, 0.2) is 6.61 Å². The molecule has 0 aromatic heterocycles. The number of anilines is 1. The number of likely N-dealkylation sites (tertiary alicyclic amines) is 1. The van der Waals surface area contributed by atoms with Crippen molar-refractivity contribution in [3.05, 3.63) is 41.7 Å². The second-order valence-electron chi connectivity index (χ2n) is 6.59. The number of hydrogen-bond acceptors (Lipinski definition) is 5. The number of rotatable bonds is 5. The number of amides is 3. The summed E-state index contributed by atoms with van der Waals surface area (Å²) < 4.78 is 18.3. The van der Waals surface area contributed by atoms with Crippen molar-refractivity contribution in [3.8, 4) is 0 Å². The van der Waals surface area contributed by atoms with E-state index in [9.17, 15) is 23.6 Å². The molecule has 1 aromatic carbocycles. The van der Waals surface area contributed by atoms with E-state index in [0.717, 1.165) is 11.0 Å². The number of carbonyl (C=O) groups excluding carboxylic acids is 4. The molecule has 1 saturated heterocycles. The Morgan fingerprint density at radius 1 is 1.19 bits per heavy atom. The van der Waals surface area contributed by atoms with Crippen LogP contribution < -0.4 is 5.32 Å². The summed E-state index contributed by atoms with van der Waals surface area (Å²) in [5, 5.41) is 2.41. The number of esters is 1. The molecule has 0 unspecified atom stereocenters. The van der Waals surface area contributed by atoms with E-state index in [4.69, 9.17) is 4.74 Å². The Hall–Kier alpha value is -3.03. The molecular formula is C19H19FN2O5. The quantitative estimate of drug-likeness (QED) is 0.480. The lowest BCUT2D eigenvalue weighted by Crippen LogP contribution is -2.37. The summed E-state index contributed by atoms with van der Waals surface area (Å²) in [4.78, 5) is 49.2. The zero-order valence-electron chi connectivity index (χ0n) is 14.7. The maximum Gasteiger partial charge on any atom is 0.326 e. The summed E-state index contributed by atoms with van der Waals surface area (Å²) in [7, 11) is 0. The van der Waals surface area contributed by atoms with Crippen LogP contribution in [0, 0.1) is 24.6 Å². The van der Waals surface area contributed by atoms with Crippen LogP contribution in [0.15, 0.2) is 30.4 Å². The van der Waals surface area contributed by atoms with Gasteiger partial charge >= 0.3 is 5.97 Å². The van der Waals surface area contributed by atoms with Crippen LogP contribution in [0.25, 0.3) is 0 Å². The number of fused-ring (bicyclic) bond motifs is 1. The number of nitrogens with zero attached hydrogens (tertiary/aromatic N) is 1. The lowest BCUT2D eigenvalue weighted by Gasteiger charge is -2.14. The summed E-state index contributed by atoms with van der Waals surface area (Å²) >= 11 is 0. The maximum atomic E-state index is 13.5. The Balaban J connectivity index is 1.49. The molecule has 0 spiro atoms. The minimum atomic E-state index is -0.853. The molecule has 27 heavy (non-hydrogen) atoms. The zero-order valence-corrected chi connectivity index (χ0v) is 14.7. The van der Waals surface area contributed by atoms with Gasteiger partial charge in [-0.05, 0) is 37.5 Å². The fourth-order valence-electron chi connectivity index (χ4n) is 3.21. The third-order valence-corrected chi connectivity index (χ3v) is 4.71. The van der Waals surface area contributed by atoms with Gasteiger partial charge in [0.25, 0.3) is 5.91 Å². The summed E-state index contributed by atoms with van der Waals surface area (Å²) in [6.45, 7) is 0.478. The lowest BCUT2D eigenvalue weighted by molar-refractivity contribution is -0.154. The van der Waals surface area contributed by atoms with Crippen molar-refractivity contribution in [2.24, 2.45) is 11.8 Å². The molecule has 0 saturated carbocycles. The average Bonchev–Trinajstić information content (AvgIpc) is 2.88. The third kappa shape index (κ3) is 4.05. The molecule has 3 amide bonds. The highest BCUT2D eigenvalue weighted by Gasteiger charge is 2.47. The molecule has 0 radical (unpaired) electrons. The van der Waals surface area contributed by atoms with Crippen LogP contribution in [-0.2, 0) is 23.9 Å². The second-order valence-corrected chi connectivity index (χ2v) is 6.59. The minimum absolute atomic E-state index is 0.237. The van der Waals surface area contributed by atoms with Gasteiger partial charge in [0.2, 0.25) is 11.8 Å². The lowest BCUT2D eigenvalue weighted by atomic mass is 9.85. The first-order valence-corrected chi connectivity index (χ1v) is 8.58. The van der Waals surface area contributed by atoms with Crippen molar-refractivity contribution in [1.29, 1.82) is 0 Å². The molecule has 0 bridgehead atoms. The fraction of sp³-hybridized carbons (Fsp3) is 0.368. The van der Waals surface area contributed by atoms with Crippen LogP contribution in [0.3, 0.4) is 0 Å². The van der Waals surface area contributed by atoms with E-state index in [1.165, 1.54) is 12.1 Å². The van der Waals surface area contributed by atoms with Gasteiger partial charge in [-0.25, -0.2) is 4.39 Å².